The standard InChI is InChI=1S/C17H18FN.C4H4O4/c1-12-6-7-16-14(8-12)10-19(2)11-17(16)13-4-3-5-15(18)9-13;5-3(6)1-2-4(7)8/h3-9,17H,10-11H2,1-2H3;1-2H,(H,5,6)(H,7,8)/b;2-1-/t17-;/m0./s1. The second-order valence-electron chi connectivity index (χ2n) is 6.52. The first-order valence-corrected chi connectivity index (χ1v) is 8.43. The number of carboxylic acids is 2. The summed E-state index contributed by atoms with van der Waals surface area (Å²) in [5.74, 6) is -2.40. The Morgan fingerprint density at radius 1 is 1.11 bits per heavy atom. The number of likely N-dealkylation sites (N-methyl/N-ethyl adjacent to an activating group) is 1. The number of aliphatic carboxylic acids is 2. The van der Waals surface area contributed by atoms with Crippen LogP contribution >= 0.6 is 0 Å². The summed E-state index contributed by atoms with van der Waals surface area (Å²) in [5, 5.41) is 15.6. The summed E-state index contributed by atoms with van der Waals surface area (Å²) in [4.78, 5) is 21.4. The summed E-state index contributed by atoms with van der Waals surface area (Å²) in [5.41, 5.74) is 5.06. The fourth-order valence-electron chi connectivity index (χ4n) is 3.13. The zero-order valence-corrected chi connectivity index (χ0v) is 15.2. The second kappa shape index (κ2) is 9.09. The Bertz CT molecular complexity index is 847. The predicted octanol–water partition coefficient (Wildman–Crippen LogP) is 3.42. The molecule has 2 aromatic carbocycles. The van der Waals surface area contributed by atoms with Crippen LogP contribution in [0.5, 0.6) is 0 Å². The number of fused-ring (bicyclic) bond motifs is 1. The van der Waals surface area contributed by atoms with Gasteiger partial charge in [-0.3, -0.25) is 0 Å². The van der Waals surface area contributed by atoms with Gasteiger partial charge in [-0.05, 0) is 42.8 Å². The maximum atomic E-state index is 13.4. The van der Waals surface area contributed by atoms with Crippen LogP contribution in [0.4, 0.5) is 4.39 Å². The molecule has 1 heterocycles. The van der Waals surface area contributed by atoms with E-state index in [9.17, 15) is 14.0 Å². The van der Waals surface area contributed by atoms with Gasteiger partial charge in [-0.1, -0.05) is 35.9 Å². The normalized spacial score (nSPS) is 16.3. The van der Waals surface area contributed by atoms with Crippen LogP contribution in [0.25, 0.3) is 0 Å². The molecule has 0 saturated heterocycles. The van der Waals surface area contributed by atoms with Crippen molar-refractivity contribution in [2.45, 2.75) is 19.4 Å². The van der Waals surface area contributed by atoms with Gasteiger partial charge in [-0.2, -0.15) is 0 Å². The van der Waals surface area contributed by atoms with Gasteiger partial charge in [0.25, 0.3) is 0 Å². The van der Waals surface area contributed by atoms with Gasteiger partial charge in [0.05, 0.1) is 0 Å². The van der Waals surface area contributed by atoms with Gasteiger partial charge in [0.1, 0.15) is 5.82 Å². The molecular weight excluding hydrogens is 349 g/mol. The third kappa shape index (κ3) is 6.04. The molecule has 0 fully saturated rings. The third-order valence-electron chi connectivity index (χ3n) is 4.23. The minimum Gasteiger partial charge on any atom is -0.478 e. The lowest BCUT2D eigenvalue weighted by molar-refractivity contribution is -0.134. The lowest BCUT2D eigenvalue weighted by Crippen LogP contribution is -2.31. The SMILES string of the molecule is Cc1ccc2c(c1)CN(C)C[C@H]2c1cccc(F)c1.O=C(O)/C=C\C(=O)O. The minimum atomic E-state index is -1.26. The number of hydrogen-bond acceptors (Lipinski definition) is 3. The quantitative estimate of drug-likeness (QED) is 0.809. The van der Waals surface area contributed by atoms with Crippen molar-refractivity contribution in [1.82, 2.24) is 4.90 Å². The van der Waals surface area contributed by atoms with Crippen LogP contribution < -0.4 is 0 Å². The fraction of sp³-hybridized carbons (Fsp3) is 0.238. The molecule has 0 aromatic heterocycles. The van der Waals surface area contributed by atoms with Crippen molar-refractivity contribution >= 4 is 11.9 Å². The van der Waals surface area contributed by atoms with Crippen LogP contribution in [0, 0.1) is 12.7 Å². The number of benzene rings is 2. The molecule has 0 amide bonds. The van der Waals surface area contributed by atoms with Crippen molar-refractivity contribution in [2.24, 2.45) is 0 Å². The number of rotatable bonds is 3. The molecule has 0 unspecified atom stereocenters. The first-order chi connectivity index (χ1) is 12.8. The van der Waals surface area contributed by atoms with E-state index in [-0.39, 0.29) is 11.7 Å². The molecule has 27 heavy (non-hydrogen) atoms. The van der Waals surface area contributed by atoms with Crippen LogP contribution in [0.3, 0.4) is 0 Å². The molecule has 1 aliphatic heterocycles. The van der Waals surface area contributed by atoms with Gasteiger partial charge in [0, 0.05) is 31.2 Å². The van der Waals surface area contributed by atoms with Gasteiger partial charge >= 0.3 is 11.9 Å². The number of carbonyl (C=O) groups is 2. The van der Waals surface area contributed by atoms with E-state index in [1.54, 1.807) is 12.1 Å². The maximum absolute atomic E-state index is 13.4. The van der Waals surface area contributed by atoms with Crippen molar-refractivity contribution in [3.63, 3.8) is 0 Å². The van der Waals surface area contributed by atoms with Gasteiger partial charge < -0.3 is 15.1 Å². The summed E-state index contributed by atoms with van der Waals surface area (Å²) in [6.07, 6.45) is 1.12. The van der Waals surface area contributed by atoms with Crippen LogP contribution in [0.15, 0.2) is 54.6 Å². The van der Waals surface area contributed by atoms with Gasteiger partial charge in [0.2, 0.25) is 0 Å². The van der Waals surface area contributed by atoms with E-state index in [2.05, 4.69) is 37.1 Å². The van der Waals surface area contributed by atoms with Gasteiger partial charge in [-0.15, -0.1) is 0 Å². The summed E-state index contributed by atoms with van der Waals surface area (Å²) in [6.45, 7) is 4.04. The van der Waals surface area contributed by atoms with Crippen LogP contribution in [-0.4, -0.2) is 40.6 Å². The Morgan fingerprint density at radius 2 is 1.78 bits per heavy atom. The Hall–Kier alpha value is -2.99. The molecule has 0 spiro atoms. The number of carboxylic acid groups (broad SMARTS) is 2. The molecule has 2 N–H and O–H groups in total. The maximum Gasteiger partial charge on any atom is 0.328 e. The average molecular weight is 371 g/mol. The average Bonchev–Trinajstić information content (AvgIpc) is 2.59. The molecule has 5 nitrogen and oxygen atoms in total. The molecule has 0 bridgehead atoms. The van der Waals surface area contributed by atoms with Gasteiger partial charge in [0.15, 0.2) is 0 Å². The molecule has 1 aliphatic rings. The lowest BCUT2D eigenvalue weighted by atomic mass is 9.84. The van der Waals surface area contributed by atoms with Crippen molar-refractivity contribution < 1.29 is 24.2 Å². The van der Waals surface area contributed by atoms with Crippen molar-refractivity contribution in [2.75, 3.05) is 13.6 Å². The third-order valence-corrected chi connectivity index (χ3v) is 4.23. The molecule has 0 aliphatic carbocycles. The van der Waals surface area contributed by atoms with E-state index in [1.165, 1.54) is 22.8 Å². The molecule has 0 saturated carbocycles. The Labute approximate surface area is 157 Å². The highest BCUT2D eigenvalue weighted by atomic mass is 19.1. The molecule has 6 heteroatoms. The summed E-state index contributed by atoms with van der Waals surface area (Å²) < 4.78 is 13.4. The molecule has 2 aromatic rings. The van der Waals surface area contributed by atoms with E-state index < -0.39 is 11.9 Å². The lowest BCUT2D eigenvalue weighted by Gasteiger charge is -2.33. The predicted molar refractivity (Wildman–Crippen MR) is 100 cm³/mol. The van der Waals surface area contributed by atoms with Crippen molar-refractivity contribution in [3.8, 4) is 0 Å². The van der Waals surface area contributed by atoms with Crippen molar-refractivity contribution in [3.05, 3.63) is 82.7 Å². The smallest absolute Gasteiger partial charge is 0.328 e. The van der Waals surface area contributed by atoms with E-state index in [0.717, 1.165) is 18.7 Å². The van der Waals surface area contributed by atoms with Crippen molar-refractivity contribution in [1.29, 1.82) is 0 Å². The zero-order valence-electron chi connectivity index (χ0n) is 15.2. The molecule has 1 atom stereocenters. The summed E-state index contributed by atoms with van der Waals surface area (Å²) in [6, 6.07) is 13.6. The summed E-state index contributed by atoms with van der Waals surface area (Å²) >= 11 is 0. The van der Waals surface area contributed by atoms with E-state index in [0.29, 0.717) is 12.2 Å². The summed E-state index contributed by atoms with van der Waals surface area (Å²) in [7, 11) is 2.12. The van der Waals surface area contributed by atoms with Crippen LogP contribution in [-0.2, 0) is 16.1 Å². The molecule has 3 rings (SSSR count). The topological polar surface area (TPSA) is 77.8 Å². The van der Waals surface area contributed by atoms with E-state index >= 15 is 0 Å². The zero-order chi connectivity index (χ0) is 20.0. The molecule has 142 valence electrons. The monoisotopic (exact) mass is 371 g/mol. The Kier molecular flexibility index (Phi) is 6.85. The number of aryl methyl sites for hydroxylation is 1. The highest BCUT2D eigenvalue weighted by molar-refractivity contribution is 5.89. The van der Waals surface area contributed by atoms with E-state index in [4.69, 9.17) is 10.2 Å². The first kappa shape index (κ1) is 20.3. The Morgan fingerprint density at radius 3 is 2.37 bits per heavy atom. The fourth-order valence-corrected chi connectivity index (χ4v) is 3.13. The largest absolute Gasteiger partial charge is 0.478 e. The number of halogens is 1. The van der Waals surface area contributed by atoms with E-state index in [1.807, 2.05) is 6.07 Å². The van der Waals surface area contributed by atoms with Gasteiger partial charge in [-0.25, -0.2) is 14.0 Å². The number of hydrogen-bond donors (Lipinski definition) is 2. The number of nitrogens with zero attached hydrogens (tertiary/aromatic N) is 1. The second-order valence-corrected chi connectivity index (χ2v) is 6.52. The van der Waals surface area contributed by atoms with Crippen LogP contribution in [0.2, 0.25) is 0 Å². The highest BCUT2D eigenvalue weighted by Crippen LogP contribution is 2.33. The molecule has 0 radical (unpaired) electrons. The van der Waals surface area contributed by atoms with Crippen LogP contribution in [0.1, 0.15) is 28.2 Å². The first-order valence-electron chi connectivity index (χ1n) is 8.43. The highest BCUT2D eigenvalue weighted by Gasteiger charge is 2.24. The Balaban J connectivity index is 0.000000279. The minimum absolute atomic E-state index is 0.153. The molecular formula is C21H22FNO4.